The monoisotopic (exact) mass is 389 g/mol. The molecule has 3 aromatic rings. The summed E-state index contributed by atoms with van der Waals surface area (Å²) in [5.41, 5.74) is 7.70. The second kappa shape index (κ2) is 7.31. The van der Waals surface area contributed by atoms with Gasteiger partial charge in [0.05, 0.1) is 16.8 Å². The van der Waals surface area contributed by atoms with Gasteiger partial charge in [0.1, 0.15) is 30.5 Å². The summed E-state index contributed by atoms with van der Waals surface area (Å²) >= 11 is 0. The van der Waals surface area contributed by atoms with E-state index >= 15 is 0 Å². The number of hydrogen-bond donors (Lipinski definition) is 2. The summed E-state index contributed by atoms with van der Waals surface area (Å²) in [6.07, 6.45) is 0. The first kappa shape index (κ1) is 18.6. The van der Waals surface area contributed by atoms with Crippen molar-refractivity contribution in [3.63, 3.8) is 0 Å². The molecule has 0 aliphatic heterocycles. The maximum Gasteiger partial charge on any atom is 0.198 e. The van der Waals surface area contributed by atoms with E-state index in [2.05, 4.69) is 0 Å². The van der Waals surface area contributed by atoms with Crippen LogP contribution in [0.3, 0.4) is 0 Å². The van der Waals surface area contributed by atoms with Gasteiger partial charge in [-0.05, 0) is 19.1 Å². The zero-order valence-corrected chi connectivity index (χ0v) is 15.8. The smallest absolute Gasteiger partial charge is 0.198 e. The number of aryl methyl sites for hydroxylation is 1. The van der Waals surface area contributed by atoms with E-state index in [-0.39, 0.29) is 52.7 Å². The average Bonchev–Trinajstić information content (AvgIpc) is 2.72. The SMILES string of the molecule is Cc1ccc(OCCOc2cc(O)c3c(c2N)C(=O)c2ccccc2C3=O)cc1. The zero-order valence-electron chi connectivity index (χ0n) is 15.8. The topological polar surface area (TPSA) is 98.8 Å². The maximum absolute atomic E-state index is 12.9. The van der Waals surface area contributed by atoms with Gasteiger partial charge < -0.3 is 20.3 Å². The Balaban J connectivity index is 1.56. The number of rotatable bonds is 5. The van der Waals surface area contributed by atoms with Crippen LogP contribution >= 0.6 is 0 Å². The summed E-state index contributed by atoms with van der Waals surface area (Å²) in [5, 5.41) is 10.4. The molecule has 29 heavy (non-hydrogen) atoms. The summed E-state index contributed by atoms with van der Waals surface area (Å²) in [6.45, 7) is 2.38. The van der Waals surface area contributed by atoms with Gasteiger partial charge in [-0.3, -0.25) is 9.59 Å². The Labute approximate surface area is 167 Å². The standard InChI is InChI=1S/C23H19NO5/c1-13-6-8-14(9-7-13)28-10-11-29-18-12-17(25)19-20(21(18)24)23(27)16-5-3-2-4-15(16)22(19)26/h2-9,12,25H,10-11,24H2,1H3. The number of benzene rings is 3. The minimum Gasteiger partial charge on any atom is -0.507 e. The molecule has 0 bridgehead atoms. The fourth-order valence-electron chi connectivity index (χ4n) is 3.34. The number of ketones is 2. The number of carbonyl (C=O) groups excluding carboxylic acids is 2. The first-order valence-corrected chi connectivity index (χ1v) is 9.13. The van der Waals surface area contributed by atoms with E-state index in [1.54, 1.807) is 24.3 Å². The Bertz CT molecular complexity index is 1120. The molecule has 146 valence electrons. The number of carbonyl (C=O) groups is 2. The Morgan fingerprint density at radius 3 is 2.10 bits per heavy atom. The van der Waals surface area contributed by atoms with E-state index < -0.39 is 11.6 Å². The molecule has 6 nitrogen and oxygen atoms in total. The largest absolute Gasteiger partial charge is 0.507 e. The molecule has 1 aliphatic carbocycles. The molecule has 0 aromatic heterocycles. The third kappa shape index (κ3) is 3.29. The first-order valence-electron chi connectivity index (χ1n) is 9.13. The van der Waals surface area contributed by atoms with E-state index in [9.17, 15) is 14.7 Å². The van der Waals surface area contributed by atoms with Gasteiger partial charge in [-0.25, -0.2) is 0 Å². The highest BCUT2D eigenvalue weighted by Crippen LogP contribution is 2.41. The van der Waals surface area contributed by atoms with Crippen molar-refractivity contribution in [2.75, 3.05) is 18.9 Å². The molecule has 0 radical (unpaired) electrons. The number of fused-ring (bicyclic) bond motifs is 2. The van der Waals surface area contributed by atoms with Crippen molar-refractivity contribution < 1.29 is 24.2 Å². The molecule has 3 aromatic carbocycles. The quantitative estimate of drug-likeness (QED) is 0.308. The van der Waals surface area contributed by atoms with Gasteiger partial charge in [0.2, 0.25) is 0 Å². The van der Waals surface area contributed by atoms with Crippen molar-refractivity contribution in [1.29, 1.82) is 0 Å². The second-order valence-electron chi connectivity index (χ2n) is 6.77. The molecule has 0 amide bonds. The van der Waals surface area contributed by atoms with Gasteiger partial charge in [0.25, 0.3) is 0 Å². The van der Waals surface area contributed by atoms with Crippen LogP contribution in [0.5, 0.6) is 17.2 Å². The summed E-state index contributed by atoms with van der Waals surface area (Å²) in [5.74, 6) is -0.346. The molecule has 4 rings (SSSR count). The van der Waals surface area contributed by atoms with Crippen molar-refractivity contribution >= 4 is 17.3 Å². The third-order valence-corrected chi connectivity index (χ3v) is 4.81. The summed E-state index contributed by atoms with van der Waals surface area (Å²) in [7, 11) is 0. The lowest BCUT2D eigenvalue weighted by molar-refractivity contribution is 0.0977. The normalized spacial score (nSPS) is 12.3. The van der Waals surface area contributed by atoms with Crippen molar-refractivity contribution in [3.05, 3.63) is 82.4 Å². The molecule has 0 saturated heterocycles. The predicted octanol–water partition coefficient (Wildman–Crippen LogP) is 3.52. The van der Waals surface area contributed by atoms with Crippen LogP contribution in [0.25, 0.3) is 0 Å². The van der Waals surface area contributed by atoms with E-state index in [0.29, 0.717) is 5.75 Å². The summed E-state index contributed by atoms with van der Waals surface area (Å²) < 4.78 is 11.2. The lowest BCUT2D eigenvalue weighted by Gasteiger charge is -2.21. The Kier molecular flexibility index (Phi) is 4.68. The van der Waals surface area contributed by atoms with Crippen LogP contribution < -0.4 is 15.2 Å². The van der Waals surface area contributed by atoms with Crippen LogP contribution in [0.4, 0.5) is 5.69 Å². The van der Waals surface area contributed by atoms with Crippen molar-refractivity contribution in [1.82, 2.24) is 0 Å². The third-order valence-electron chi connectivity index (χ3n) is 4.81. The van der Waals surface area contributed by atoms with E-state index in [0.717, 1.165) is 5.56 Å². The van der Waals surface area contributed by atoms with Gasteiger partial charge in [-0.15, -0.1) is 0 Å². The molecule has 1 aliphatic rings. The number of phenolic OH excluding ortho intramolecular Hbond substituents is 1. The Hall–Kier alpha value is -3.80. The zero-order chi connectivity index (χ0) is 20.5. The number of hydrogen-bond acceptors (Lipinski definition) is 6. The number of ether oxygens (including phenoxy) is 2. The average molecular weight is 389 g/mol. The molecular weight excluding hydrogens is 370 g/mol. The molecule has 0 atom stereocenters. The van der Waals surface area contributed by atoms with Crippen molar-refractivity contribution in [3.8, 4) is 17.2 Å². The number of nitrogen functional groups attached to an aromatic ring is 1. The predicted molar refractivity (Wildman–Crippen MR) is 108 cm³/mol. The van der Waals surface area contributed by atoms with Gasteiger partial charge in [-0.2, -0.15) is 0 Å². The second-order valence-corrected chi connectivity index (χ2v) is 6.77. The van der Waals surface area contributed by atoms with Crippen molar-refractivity contribution in [2.45, 2.75) is 6.92 Å². The fraction of sp³-hybridized carbons (Fsp3) is 0.130. The number of aromatic hydroxyl groups is 1. The van der Waals surface area contributed by atoms with Crippen LogP contribution in [0.15, 0.2) is 54.6 Å². The lowest BCUT2D eigenvalue weighted by atomic mass is 9.82. The highest BCUT2D eigenvalue weighted by molar-refractivity contribution is 6.31. The maximum atomic E-state index is 12.9. The molecular formula is C23H19NO5. The van der Waals surface area contributed by atoms with Gasteiger partial charge in [0.15, 0.2) is 11.6 Å². The van der Waals surface area contributed by atoms with Crippen molar-refractivity contribution in [2.24, 2.45) is 0 Å². The van der Waals surface area contributed by atoms with Crippen LogP contribution in [0.2, 0.25) is 0 Å². The Morgan fingerprint density at radius 1 is 0.862 bits per heavy atom. The highest BCUT2D eigenvalue weighted by Gasteiger charge is 2.35. The minimum absolute atomic E-state index is 0.0249. The Morgan fingerprint density at radius 2 is 1.45 bits per heavy atom. The first-order chi connectivity index (χ1) is 14.0. The molecule has 6 heteroatoms. The molecule has 0 saturated carbocycles. The van der Waals surface area contributed by atoms with Crippen LogP contribution in [0, 0.1) is 6.92 Å². The van der Waals surface area contributed by atoms with Gasteiger partial charge >= 0.3 is 0 Å². The van der Waals surface area contributed by atoms with Crippen LogP contribution in [-0.4, -0.2) is 29.9 Å². The minimum atomic E-state index is -0.436. The number of anilines is 1. The lowest BCUT2D eigenvalue weighted by Crippen LogP contribution is -2.23. The molecule has 0 fully saturated rings. The molecule has 0 spiro atoms. The summed E-state index contributed by atoms with van der Waals surface area (Å²) in [6, 6.07) is 15.3. The van der Waals surface area contributed by atoms with Crippen LogP contribution in [-0.2, 0) is 0 Å². The summed E-state index contributed by atoms with van der Waals surface area (Å²) in [4.78, 5) is 25.6. The highest BCUT2D eigenvalue weighted by atomic mass is 16.5. The molecule has 3 N–H and O–H groups in total. The molecule has 0 heterocycles. The van der Waals surface area contributed by atoms with Gasteiger partial charge in [-0.1, -0.05) is 42.0 Å². The van der Waals surface area contributed by atoms with Crippen LogP contribution in [0.1, 0.15) is 37.4 Å². The fourth-order valence-corrected chi connectivity index (χ4v) is 3.34. The van der Waals surface area contributed by atoms with E-state index in [1.165, 1.54) is 6.07 Å². The van der Waals surface area contributed by atoms with Gasteiger partial charge in [0, 0.05) is 17.2 Å². The van der Waals surface area contributed by atoms with E-state index in [1.807, 2.05) is 31.2 Å². The van der Waals surface area contributed by atoms with E-state index in [4.69, 9.17) is 15.2 Å². The number of nitrogens with two attached hydrogens (primary N) is 1. The number of phenols is 1. The molecule has 0 unspecified atom stereocenters.